The van der Waals surface area contributed by atoms with Crippen molar-refractivity contribution in [3.05, 3.63) is 84.2 Å². The fourth-order valence-corrected chi connectivity index (χ4v) is 4.42. The van der Waals surface area contributed by atoms with E-state index in [1.165, 1.54) is 5.56 Å². The van der Waals surface area contributed by atoms with Crippen LogP contribution in [0.25, 0.3) is 5.69 Å². The van der Waals surface area contributed by atoms with Crippen LogP contribution in [-0.2, 0) is 10.5 Å². The quantitative estimate of drug-likeness (QED) is 0.631. The van der Waals surface area contributed by atoms with E-state index in [2.05, 4.69) is 17.4 Å². The molecule has 2 heterocycles. The Balaban J connectivity index is 1.36. The Labute approximate surface area is 169 Å². The summed E-state index contributed by atoms with van der Waals surface area (Å²) in [4.78, 5) is 12.6. The Bertz CT molecular complexity index is 901. The van der Waals surface area contributed by atoms with Gasteiger partial charge in [-0.15, -0.1) is 0 Å². The number of nitrogens with one attached hydrogen (secondary N) is 1. The zero-order chi connectivity index (χ0) is 19.2. The molecule has 0 atom stereocenters. The summed E-state index contributed by atoms with van der Waals surface area (Å²) in [7, 11) is 0. The highest BCUT2D eigenvalue weighted by atomic mass is 32.2. The molecule has 2 aromatic carbocycles. The largest absolute Gasteiger partial charge is 0.381 e. The van der Waals surface area contributed by atoms with Crippen molar-refractivity contribution in [3.63, 3.8) is 0 Å². The van der Waals surface area contributed by atoms with Crippen molar-refractivity contribution in [1.82, 2.24) is 4.57 Å². The lowest BCUT2D eigenvalue weighted by atomic mass is 10.1. The molecule has 28 heavy (non-hydrogen) atoms. The first-order valence-corrected chi connectivity index (χ1v) is 10.7. The van der Waals surface area contributed by atoms with Crippen LogP contribution in [0.4, 0.5) is 5.69 Å². The molecule has 1 fully saturated rings. The second kappa shape index (κ2) is 9.13. The Kier molecular flexibility index (Phi) is 6.14. The molecule has 1 aliphatic rings. The number of ether oxygens (including phenoxy) is 1. The van der Waals surface area contributed by atoms with Gasteiger partial charge in [-0.1, -0.05) is 12.1 Å². The minimum Gasteiger partial charge on any atom is -0.381 e. The van der Waals surface area contributed by atoms with Crippen LogP contribution in [0, 0.1) is 0 Å². The summed E-state index contributed by atoms with van der Waals surface area (Å²) >= 11 is 1.98. The van der Waals surface area contributed by atoms with E-state index in [-0.39, 0.29) is 5.91 Å². The van der Waals surface area contributed by atoms with Crippen molar-refractivity contribution in [2.75, 3.05) is 18.5 Å². The average molecular weight is 393 g/mol. The van der Waals surface area contributed by atoms with Crippen molar-refractivity contribution >= 4 is 23.4 Å². The SMILES string of the molecule is O=C(Nc1cccc(CSC2CCOCC2)c1)c1ccc(-n2cccc2)cc1. The number of carbonyl (C=O) groups excluding carboxylic acids is 1. The molecule has 1 aliphatic heterocycles. The number of benzene rings is 2. The van der Waals surface area contributed by atoms with Crippen molar-refractivity contribution < 1.29 is 9.53 Å². The molecule has 144 valence electrons. The van der Waals surface area contributed by atoms with E-state index in [9.17, 15) is 4.79 Å². The van der Waals surface area contributed by atoms with E-state index in [0.717, 1.165) is 43.2 Å². The first-order chi connectivity index (χ1) is 13.8. The number of hydrogen-bond donors (Lipinski definition) is 1. The number of hydrogen-bond acceptors (Lipinski definition) is 3. The predicted molar refractivity (Wildman–Crippen MR) is 115 cm³/mol. The summed E-state index contributed by atoms with van der Waals surface area (Å²) in [6.07, 6.45) is 6.22. The molecule has 0 aliphatic carbocycles. The molecule has 3 aromatic rings. The van der Waals surface area contributed by atoms with Crippen LogP contribution in [0.3, 0.4) is 0 Å². The third kappa shape index (κ3) is 4.86. The highest BCUT2D eigenvalue weighted by Crippen LogP contribution is 2.26. The van der Waals surface area contributed by atoms with E-state index in [0.29, 0.717) is 10.8 Å². The standard InChI is InChI=1S/C23H24N2O2S/c26-23(19-6-8-21(9-7-19)25-12-1-2-13-25)24-20-5-3-4-18(16-20)17-28-22-10-14-27-15-11-22/h1-9,12-13,16,22H,10-11,14-15,17H2,(H,24,26). The van der Waals surface area contributed by atoms with Crippen molar-refractivity contribution in [2.24, 2.45) is 0 Å². The van der Waals surface area contributed by atoms with Crippen LogP contribution in [-0.4, -0.2) is 28.9 Å². The van der Waals surface area contributed by atoms with E-state index in [4.69, 9.17) is 4.74 Å². The monoisotopic (exact) mass is 392 g/mol. The third-order valence-electron chi connectivity index (χ3n) is 4.87. The van der Waals surface area contributed by atoms with Crippen LogP contribution in [0.15, 0.2) is 73.1 Å². The summed E-state index contributed by atoms with van der Waals surface area (Å²) in [5.41, 5.74) is 3.76. The first-order valence-electron chi connectivity index (χ1n) is 9.61. The number of nitrogens with zero attached hydrogens (tertiary/aromatic N) is 1. The Hall–Kier alpha value is -2.50. The van der Waals surface area contributed by atoms with Gasteiger partial charge in [-0.2, -0.15) is 11.8 Å². The molecule has 0 radical (unpaired) electrons. The second-order valence-corrected chi connectivity index (χ2v) is 8.20. The third-order valence-corrected chi connectivity index (χ3v) is 6.31. The smallest absolute Gasteiger partial charge is 0.255 e. The van der Waals surface area contributed by atoms with Gasteiger partial charge in [0.15, 0.2) is 0 Å². The number of aromatic nitrogens is 1. The van der Waals surface area contributed by atoms with Gasteiger partial charge in [-0.3, -0.25) is 4.79 Å². The lowest BCUT2D eigenvalue weighted by Crippen LogP contribution is -2.17. The van der Waals surface area contributed by atoms with Crippen molar-refractivity contribution in [3.8, 4) is 5.69 Å². The molecule has 0 bridgehead atoms. The Morgan fingerprint density at radius 1 is 1.04 bits per heavy atom. The van der Waals surface area contributed by atoms with Crippen LogP contribution >= 0.6 is 11.8 Å². The molecule has 5 heteroatoms. The van der Waals surface area contributed by atoms with Gasteiger partial charge in [0.2, 0.25) is 0 Å². The van der Waals surface area contributed by atoms with Gasteiger partial charge in [0.1, 0.15) is 0 Å². The van der Waals surface area contributed by atoms with Crippen molar-refractivity contribution in [2.45, 2.75) is 23.8 Å². The van der Waals surface area contributed by atoms with E-state index in [1.54, 1.807) is 0 Å². The highest BCUT2D eigenvalue weighted by molar-refractivity contribution is 7.99. The van der Waals surface area contributed by atoms with Crippen LogP contribution < -0.4 is 5.32 Å². The van der Waals surface area contributed by atoms with Gasteiger partial charge in [-0.25, -0.2) is 0 Å². The van der Waals surface area contributed by atoms with Crippen LogP contribution in [0.2, 0.25) is 0 Å². The molecule has 0 spiro atoms. The molecule has 0 unspecified atom stereocenters. The Morgan fingerprint density at radius 2 is 1.79 bits per heavy atom. The summed E-state index contributed by atoms with van der Waals surface area (Å²) in [5.74, 6) is 0.869. The predicted octanol–water partition coefficient (Wildman–Crippen LogP) is 5.14. The molecule has 1 amide bonds. The highest BCUT2D eigenvalue weighted by Gasteiger charge is 2.14. The molecular weight excluding hydrogens is 368 g/mol. The molecule has 1 aromatic heterocycles. The summed E-state index contributed by atoms with van der Waals surface area (Å²) < 4.78 is 7.44. The first kappa shape index (κ1) is 18.8. The zero-order valence-electron chi connectivity index (χ0n) is 15.7. The van der Waals surface area contributed by atoms with Crippen LogP contribution in [0.5, 0.6) is 0 Å². The molecule has 4 nitrogen and oxygen atoms in total. The number of anilines is 1. The number of rotatable bonds is 6. The molecule has 1 N–H and O–H groups in total. The summed E-state index contributed by atoms with van der Waals surface area (Å²) in [6, 6.07) is 19.7. The number of amides is 1. The maximum absolute atomic E-state index is 12.6. The molecule has 4 rings (SSSR count). The van der Waals surface area contributed by atoms with Crippen molar-refractivity contribution in [1.29, 1.82) is 0 Å². The van der Waals surface area contributed by atoms with E-state index >= 15 is 0 Å². The average Bonchev–Trinajstić information content (AvgIpc) is 3.28. The zero-order valence-corrected chi connectivity index (χ0v) is 16.5. The van der Waals surface area contributed by atoms with Crippen LogP contribution in [0.1, 0.15) is 28.8 Å². The fraction of sp³-hybridized carbons (Fsp3) is 0.261. The maximum Gasteiger partial charge on any atom is 0.255 e. The summed E-state index contributed by atoms with van der Waals surface area (Å²) in [5, 5.41) is 3.69. The Morgan fingerprint density at radius 3 is 2.54 bits per heavy atom. The number of carbonyl (C=O) groups is 1. The van der Waals surface area contributed by atoms with Gasteiger partial charge in [-0.05, 0) is 66.9 Å². The normalized spacial score (nSPS) is 14.7. The molecule has 0 saturated carbocycles. The second-order valence-electron chi connectivity index (χ2n) is 6.91. The lowest BCUT2D eigenvalue weighted by Gasteiger charge is -2.21. The minimum atomic E-state index is -0.0895. The van der Waals surface area contributed by atoms with Gasteiger partial charge < -0.3 is 14.6 Å². The fourth-order valence-electron chi connectivity index (χ4n) is 3.29. The summed E-state index contributed by atoms with van der Waals surface area (Å²) in [6.45, 7) is 1.74. The van der Waals surface area contributed by atoms with Gasteiger partial charge in [0, 0.05) is 53.5 Å². The number of thioether (sulfide) groups is 1. The molecular formula is C23H24N2O2S. The topological polar surface area (TPSA) is 43.3 Å². The lowest BCUT2D eigenvalue weighted by molar-refractivity contribution is 0.1000. The minimum absolute atomic E-state index is 0.0895. The van der Waals surface area contributed by atoms with E-state index < -0.39 is 0 Å². The van der Waals surface area contributed by atoms with Gasteiger partial charge in [0.05, 0.1) is 0 Å². The maximum atomic E-state index is 12.6. The van der Waals surface area contributed by atoms with E-state index in [1.807, 2.05) is 77.3 Å². The molecule has 1 saturated heterocycles. The van der Waals surface area contributed by atoms with Gasteiger partial charge in [0.25, 0.3) is 5.91 Å². The van der Waals surface area contributed by atoms with Gasteiger partial charge >= 0.3 is 0 Å².